The van der Waals surface area contributed by atoms with E-state index in [1.807, 2.05) is 0 Å². The summed E-state index contributed by atoms with van der Waals surface area (Å²) in [5.41, 5.74) is 5.25. The summed E-state index contributed by atoms with van der Waals surface area (Å²) in [5.74, 6) is 0. The molecule has 0 amide bonds. The van der Waals surface area contributed by atoms with E-state index < -0.39 is 0 Å². The molecule has 0 aliphatic rings. The molecule has 0 aromatic heterocycles. The van der Waals surface area contributed by atoms with Gasteiger partial charge in [-0.05, 0) is 45.1 Å². The van der Waals surface area contributed by atoms with Gasteiger partial charge in [-0.1, -0.05) is 92.3 Å². The van der Waals surface area contributed by atoms with Crippen LogP contribution in [0.4, 0.5) is 0 Å². The first-order valence-corrected chi connectivity index (χ1v) is 8.66. The van der Waals surface area contributed by atoms with Gasteiger partial charge in [0, 0.05) is 5.41 Å². The lowest BCUT2D eigenvalue weighted by Gasteiger charge is -2.35. The molecule has 0 radical (unpaired) electrons. The second-order valence-corrected chi connectivity index (χ2v) is 6.42. The van der Waals surface area contributed by atoms with Crippen LogP contribution in [0.25, 0.3) is 0 Å². The number of rotatable bonds is 9. The molecule has 0 bridgehead atoms. The topological polar surface area (TPSA) is 0 Å². The maximum absolute atomic E-state index is 4.45. The molecule has 1 atom stereocenters. The van der Waals surface area contributed by atoms with Gasteiger partial charge in [-0.25, -0.2) is 0 Å². The first-order valence-electron chi connectivity index (χ1n) is 8.66. The highest BCUT2D eigenvalue weighted by Crippen LogP contribution is 2.43. The minimum atomic E-state index is -0.0368. The van der Waals surface area contributed by atoms with E-state index in [1.165, 1.54) is 22.3 Å². The Labute approximate surface area is 143 Å². The number of hydrogen-bond acceptors (Lipinski definition) is 0. The highest BCUT2D eigenvalue weighted by molar-refractivity contribution is 5.32. The van der Waals surface area contributed by atoms with Crippen LogP contribution < -0.4 is 0 Å². The highest BCUT2D eigenvalue weighted by atomic mass is 14.3. The molecule has 0 N–H and O–H groups in total. The predicted molar refractivity (Wildman–Crippen MR) is 105 cm³/mol. The quantitative estimate of drug-likeness (QED) is 0.338. The van der Waals surface area contributed by atoms with E-state index in [1.54, 1.807) is 0 Å². The lowest BCUT2D eigenvalue weighted by Crippen LogP contribution is -2.22. The molecular formula is C23H32. The Morgan fingerprint density at radius 1 is 1.09 bits per heavy atom. The molecule has 23 heavy (non-hydrogen) atoms. The monoisotopic (exact) mass is 308 g/mol. The Morgan fingerprint density at radius 3 is 2.26 bits per heavy atom. The van der Waals surface area contributed by atoms with Crippen LogP contribution in [0, 0.1) is 5.41 Å². The molecule has 0 heterocycles. The summed E-state index contributed by atoms with van der Waals surface area (Å²) >= 11 is 0. The van der Waals surface area contributed by atoms with E-state index in [0.717, 1.165) is 25.7 Å². The molecule has 0 fully saturated rings. The molecule has 0 aliphatic carbocycles. The fourth-order valence-electron chi connectivity index (χ4n) is 2.99. The second kappa shape index (κ2) is 9.35. The first-order chi connectivity index (χ1) is 11.0. The number of hydrogen-bond donors (Lipinski definition) is 0. The summed E-state index contributed by atoms with van der Waals surface area (Å²) in [6, 6.07) is 10.7. The molecule has 124 valence electrons. The highest BCUT2D eigenvalue weighted by Gasteiger charge is 2.30. The third-order valence-corrected chi connectivity index (χ3v) is 4.85. The van der Waals surface area contributed by atoms with Crippen molar-refractivity contribution in [3.05, 3.63) is 84.0 Å². The summed E-state index contributed by atoms with van der Waals surface area (Å²) in [4.78, 5) is 0. The van der Waals surface area contributed by atoms with Gasteiger partial charge in [-0.3, -0.25) is 0 Å². The first kappa shape index (κ1) is 19.2. The van der Waals surface area contributed by atoms with Crippen LogP contribution in [0.15, 0.2) is 78.4 Å². The number of benzene rings is 1. The Kier molecular flexibility index (Phi) is 7.81. The Balaban J connectivity index is 2.91. The maximum atomic E-state index is 4.45. The smallest absolute Gasteiger partial charge is 0.0127 e. The molecule has 1 unspecified atom stereocenters. The van der Waals surface area contributed by atoms with Crippen LogP contribution in [-0.4, -0.2) is 0 Å². The Bertz CT molecular complexity index is 571. The summed E-state index contributed by atoms with van der Waals surface area (Å²) in [6.45, 7) is 17.5. The van der Waals surface area contributed by atoms with Crippen LogP contribution in [0.2, 0.25) is 0 Å². The third kappa shape index (κ3) is 5.39. The average molecular weight is 309 g/mol. The Morgan fingerprint density at radius 2 is 1.74 bits per heavy atom. The van der Waals surface area contributed by atoms with Crippen LogP contribution in [0.3, 0.4) is 0 Å². The normalized spacial score (nSPS) is 14.7. The van der Waals surface area contributed by atoms with E-state index in [-0.39, 0.29) is 5.41 Å². The maximum Gasteiger partial charge on any atom is 0.0127 e. The molecule has 0 aliphatic heterocycles. The van der Waals surface area contributed by atoms with E-state index in [0.29, 0.717) is 0 Å². The van der Waals surface area contributed by atoms with Crippen LogP contribution in [-0.2, 0) is 6.42 Å². The molecule has 1 rings (SSSR count). The average Bonchev–Trinajstić information content (AvgIpc) is 2.59. The molecule has 0 nitrogen and oxygen atoms in total. The van der Waals surface area contributed by atoms with Gasteiger partial charge in [0.05, 0.1) is 0 Å². The van der Waals surface area contributed by atoms with Gasteiger partial charge in [0.15, 0.2) is 0 Å². The second-order valence-electron chi connectivity index (χ2n) is 6.42. The van der Waals surface area contributed by atoms with Crippen LogP contribution in [0.1, 0.15) is 52.5 Å². The number of aryl methyl sites for hydroxylation is 1. The van der Waals surface area contributed by atoms with Gasteiger partial charge in [0.1, 0.15) is 0 Å². The lowest BCUT2D eigenvalue weighted by molar-refractivity contribution is 0.450. The zero-order valence-electron chi connectivity index (χ0n) is 15.4. The molecule has 0 saturated heterocycles. The number of allylic oxidation sites excluding steroid dienone is 6. The molecule has 0 spiro atoms. The Hall–Kier alpha value is -1.82. The van der Waals surface area contributed by atoms with Gasteiger partial charge in [0.25, 0.3) is 0 Å². The van der Waals surface area contributed by atoms with Gasteiger partial charge >= 0.3 is 0 Å². The van der Waals surface area contributed by atoms with Crippen molar-refractivity contribution in [3.63, 3.8) is 0 Å². The van der Waals surface area contributed by atoms with Crippen molar-refractivity contribution >= 4 is 0 Å². The standard InChI is InChI=1S/C23H32/c1-7-13-21(9-3)18-23(6,19(4)8-2)20(5)16-17-22-14-11-10-12-15-22/h7,9-15H,4-5,8,16-18H2,1-3,6H3/b13-7-,21-9+. The van der Waals surface area contributed by atoms with Gasteiger partial charge in [-0.2, -0.15) is 0 Å². The fourth-order valence-corrected chi connectivity index (χ4v) is 2.99. The summed E-state index contributed by atoms with van der Waals surface area (Å²) in [5, 5.41) is 0. The zero-order valence-corrected chi connectivity index (χ0v) is 15.4. The third-order valence-electron chi connectivity index (χ3n) is 4.85. The van der Waals surface area contributed by atoms with Crippen molar-refractivity contribution in [2.75, 3.05) is 0 Å². The molecule has 1 aromatic carbocycles. The largest absolute Gasteiger partial charge is 0.0990 e. The summed E-state index contributed by atoms with van der Waals surface area (Å²) in [7, 11) is 0. The van der Waals surface area contributed by atoms with Crippen molar-refractivity contribution in [2.24, 2.45) is 5.41 Å². The predicted octanol–water partition coefficient (Wildman–Crippen LogP) is 7.06. The van der Waals surface area contributed by atoms with Crippen LogP contribution >= 0.6 is 0 Å². The van der Waals surface area contributed by atoms with Crippen LogP contribution in [0.5, 0.6) is 0 Å². The van der Waals surface area contributed by atoms with E-state index in [2.05, 4.69) is 89.4 Å². The van der Waals surface area contributed by atoms with Crippen molar-refractivity contribution in [1.82, 2.24) is 0 Å². The van der Waals surface area contributed by atoms with E-state index in [4.69, 9.17) is 0 Å². The van der Waals surface area contributed by atoms with Crippen molar-refractivity contribution < 1.29 is 0 Å². The van der Waals surface area contributed by atoms with Crippen molar-refractivity contribution in [2.45, 2.75) is 53.4 Å². The lowest BCUT2D eigenvalue weighted by atomic mass is 9.69. The molecule has 0 heteroatoms. The van der Waals surface area contributed by atoms with Crippen molar-refractivity contribution in [1.29, 1.82) is 0 Å². The van der Waals surface area contributed by atoms with Crippen molar-refractivity contribution in [3.8, 4) is 0 Å². The molecule has 1 aromatic rings. The minimum Gasteiger partial charge on any atom is -0.0990 e. The SMILES string of the molecule is C=C(CC)C(C)(CC(/C=C\C)=C/C)C(=C)CCc1ccccc1. The minimum absolute atomic E-state index is 0.0368. The van der Waals surface area contributed by atoms with E-state index >= 15 is 0 Å². The molecular weight excluding hydrogens is 276 g/mol. The zero-order chi connectivity index (χ0) is 17.3. The fraction of sp³-hybridized carbons (Fsp3) is 0.391. The summed E-state index contributed by atoms with van der Waals surface area (Å²) in [6.07, 6.45) is 10.5. The van der Waals surface area contributed by atoms with E-state index in [9.17, 15) is 0 Å². The summed E-state index contributed by atoms with van der Waals surface area (Å²) < 4.78 is 0. The van der Waals surface area contributed by atoms with Gasteiger partial charge in [0.2, 0.25) is 0 Å². The van der Waals surface area contributed by atoms with Gasteiger partial charge < -0.3 is 0 Å². The molecule has 0 saturated carbocycles. The van der Waals surface area contributed by atoms with Gasteiger partial charge in [-0.15, -0.1) is 0 Å².